The van der Waals surface area contributed by atoms with Crippen molar-refractivity contribution in [2.75, 3.05) is 45.7 Å². The van der Waals surface area contributed by atoms with Crippen LogP contribution in [0.5, 0.6) is 11.5 Å². The van der Waals surface area contributed by atoms with Crippen molar-refractivity contribution < 1.29 is 14.3 Å². The average molecular weight is 552 g/mol. The van der Waals surface area contributed by atoms with Gasteiger partial charge in [0.15, 0.2) is 0 Å². The molecule has 1 fully saturated rings. The van der Waals surface area contributed by atoms with E-state index in [9.17, 15) is 4.79 Å². The van der Waals surface area contributed by atoms with Crippen LogP contribution in [0, 0.1) is 0 Å². The van der Waals surface area contributed by atoms with Crippen molar-refractivity contribution in [1.29, 1.82) is 0 Å². The van der Waals surface area contributed by atoms with Crippen molar-refractivity contribution in [3.63, 3.8) is 0 Å². The van der Waals surface area contributed by atoms with Crippen LogP contribution in [0.3, 0.4) is 0 Å². The summed E-state index contributed by atoms with van der Waals surface area (Å²) in [5.41, 5.74) is 3.25. The second kappa shape index (κ2) is 11.5. The van der Waals surface area contributed by atoms with E-state index in [0.717, 1.165) is 38.3 Å². The molecule has 0 radical (unpaired) electrons. The van der Waals surface area contributed by atoms with Crippen LogP contribution in [0.1, 0.15) is 15.9 Å². The Bertz CT molecular complexity index is 1450. The van der Waals surface area contributed by atoms with Crippen molar-refractivity contribution in [1.82, 2.24) is 20.2 Å². The largest absolute Gasteiger partial charge is 0.495 e. The first kappa shape index (κ1) is 26.2. The first-order valence-corrected chi connectivity index (χ1v) is 12.9. The maximum atomic E-state index is 13.3. The molecule has 2 N–H and O–H groups in total. The SMILES string of the molecule is COc1cc(OC)c(Cl)c(-c2ccc(C(=O)Nc3ccc(CN4CCNCC4)cn3)c3ncccc23)c1Cl. The Labute approximate surface area is 230 Å². The third-order valence-electron chi connectivity index (χ3n) is 6.54. The highest BCUT2D eigenvalue weighted by Gasteiger charge is 2.22. The van der Waals surface area contributed by atoms with Gasteiger partial charge in [0.1, 0.15) is 17.3 Å². The zero-order chi connectivity index (χ0) is 26.6. The standard InChI is InChI=1S/C28H27Cl2N5O3/c1-37-21-14-22(38-2)26(30)24(25(21)29)18-6-7-20(27-19(18)4-3-9-32-27)28(36)34-23-8-5-17(15-33-23)16-35-12-10-31-11-13-35/h3-9,14-15,31H,10-13,16H2,1-2H3,(H,33,34,36). The number of amides is 1. The van der Waals surface area contributed by atoms with Crippen molar-refractivity contribution in [3.05, 3.63) is 76.0 Å². The average Bonchev–Trinajstić information content (AvgIpc) is 2.95. The molecule has 0 unspecified atom stereocenters. The molecule has 1 saturated heterocycles. The summed E-state index contributed by atoms with van der Waals surface area (Å²) in [4.78, 5) is 24.7. The molecule has 10 heteroatoms. The number of methoxy groups -OCH3 is 2. The summed E-state index contributed by atoms with van der Waals surface area (Å²) in [5.74, 6) is 1.00. The van der Waals surface area contributed by atoms with Gasteiger partial charge in [-0.2, -0.15) is 0 Å². The Hall–Kier alpha value is -3.43. The molecule has 0 aliphatic carbocycles. The van der Waals surface area contributed by atoms with Crippen LogP contribution in [-0.4, -0.2) is 61.2 Å². The van der Waals surface area contributed by atoms with Gasteiger partial charge in [-0.05, 0) is 29.3 Å². The Kier molecular flexibility index (Phi) is 7.95. The minimum absolute atomic E-state index is 0.317. The molecular formula is C28H27Cl2N5O3. The first-order valence-electron chi connectivity index (χ1n) is 12.2. The summed E-state index contributed by atoms with van der Waals surface area (Å²) in [7, 11) is 3.05. The number of carbonyl (C=O) groups is 1. The number of ether oxygens (including phenoxy) is 2. The molecule has 3 heterocycles. The fourth-order valence-electron chi connectivity index (χ4n) is 4.60. The zero-order valence-electron chi connectivity index (χ0n) is 21.1. The van der Waals surface area contributed by atoms with Gasteiger partial charge in [-0.15, -0.1) is 0 Å². The summed E-state index contributed by atoms with van der Waals surface area (Å²) in [6, 6.07) is 12.6. The number of carbonyl (C=O) groups excluding carboxylic acids is 1. The predicted molar refractivity (Wildman–Crippen MR) is 151 cm³/mol. The van der Waals surface area contributed by atoms with E-state index < -0.39 is 0 Å². The maximum absolute atomic E-state index is 13.3. The number of pyridine rings is 2. The minimum atomic E-state index is -0.317. The lowest BCUT2D eigenvalue weighted by Crippen LogP contribution is -2.42. The van der Waals surface area contributed by atoms with E-state index in [2.05, 4.69) is 25.5 Å². The lowest BCUT2D eigenvalue weighted by molar-refractivity contribution is 0.102. The number of fused-ring (bicyclic) bond motifs is 1. The van der Waals surface area contributed by atoms with Gasteiger partial charge < -0.3 is 20.1 Å². The van der Waals surface area contributed by atoms with Crippen LogP contribution in [0.25, 0.3) is 22.0 Å². The minimum Gasteiger partial charge on any atom is -0.495 e. The Balaban J connectivity index is 1.45. The van der Waals surface area contributed by atoms with E-state index in [1.54, 1.807) is 36.7 Å². The third-order valence-corrected chi connectivity index (χ3v) is 7.29. The summed E-state index contributed by atoms with van der Waals surface area (Å²) >= 11 is 13.4. The summed E-state index contributed by atoms with van der Waals surface area (Å²) < 4.78 is 10.9. The van der Waals surface area contributed by atoms with E-state index in [0.29, 0.717) is 55.0 Å². The summed E-state index contributed by atoms with van der Waals surface area (Å²) in [6.45, 7) is 4.83. The van der Waals surface area contributed by atoms with Crippen LogP contribution in [0.15, 0.2) is 54.9 Å². The molecule has 196 valence electrons. The molecule has 1 aliphatic heterocycles. The van der Waals surface area contributed by atoms with Crippen molar-refractivity contribution >= 4 is 45.8 Å². The van der Waals surface area contributed by atoms with Gasteiger partial charge in [-0.3, -0.25) is 14.7 Å². The van der Waals surface area contributed by atoms with Crippen LogP contribution in [0.4, 0.5) is 5.82 Å². The third kappa shape index (κ3) is 5.26. The number of piperazine rings is 1. The van der Waals surface area contributed by atoms with E-state index in [4.69, 9.17) is 32.7 Å². The highest BCUT2D eigenvalue weighted by Crippen LogP contribution is 2.47. The van der Waals surface area contributed by atoms with Crippen LogP contribution in [0.2, 0.25) is 10.0 Å². The number of hydrogen-bond donors (Lipinski definition) is 2. The van der Waals surface area contributed by atoms with Crippen molar-refractivity contribution in [3.8, 4) is 22.6 Å². The van der Waals surface area contributed by atoms with Gasteiger partial charge >= 0.3 is 0 Å². The van der Waals surface area contributed by atoms with Gasteiger partial charge in [-0.1, -0.05) is 41.4 Å². The van der Waals surface area contributed by atoms with Crippen LogP contribution in [-0.2, 0) is 6.54 Å². The molecule has 8 nitrogen and oxygen atoms in total. The number of anilines is 1. The lowest BCUT2D eigenvalue weighted by atomic mass is 9.97. The highest BCUT2D eigenvalue weighted by atomic mass is 35.5. The molecule has 0 bridgehead atoms. The van der Waals surface area contributed by atoms with E-state index in [1.807, 2.05) is 18.2 Å². The molecule has 2 aromatic carbocycles. The molecule has 38 heavy (non-hydrogen) atoms. The van der Waals surface area contributed by atoms with Crippen molar-refractivity contribution in [2.45, 2.75) is 6.54 Å². The number of hydrogen-bond acceptors (Lipinski definition) is 7. The first-order chi connectivity index (χ1) is 18.5. The second-order valence-electron chi connectivity index (χ2n) is 8.88. The van der Waals surface area contributed by atoms with E-state index >= 15 is 0 Å². The number of benzene rings is 2. The monoisotopic (exact) mass is 551 g/mol. The van der Waals surface area contributed by atoms with Gasteiger partial charge in [0.25, 0.3) is 5.91 Å². The quantitative estimate of drug-likeness (QED) is 0.323. The fraction of sp³-hybridized carbons (Fsp3) is 0.250. The Morgan fingerprint density at radius 3 is 2.42 bits per heavy atom. The number of aromatic nitrogens is 2. The second-order valence-corrected chi connectivity index (χ2v) is 9.63. The lowest BCUT2D eigenvalue weighted by Gasteiger charge is -2.27. The van der Waals surface area contributed by atoms with Gasteiger partial charge in [-0.25, -0.2) is 4.98 Å². The molecule has 5 rings (SSSR count). The number of rotatable bonds is 7. The van der Waals surface area contributed by atoms with Gasteiger partial charge in [0.05, 0.1) is 35.3 Å². The fourth-order valence-corrected chi connectivity index (χ4v) is 5.30. The van der Waals surface area contributed by atoms with Gasteiger partial charge in [0, 0.05) is 62.1 Å². The van der Waals surface area contributed by atoms with E-state index in [-0.39, 0.29) is 5.91 Å². The molecule has 0 spiro atoms. The predicted octanol–water partition coefficient (Wildman–Crippen LogP) is 5.28. The Morgan fingerprint density at radius 2 is 1.76 bits per heavy atom. The molecule has 4 aromatic rings. The molecule has 1 amide bonds. The summed E-state index contributed by atoms with van der Waals surface area (Å²) in [5, 5.41) is 7.63. The zero-order valence-corrected chi connectivity index (χ0v) is 22.6. The normalized spacial score (nSPS) is 13.9. The van der Waals surface area contributed by atoms with Crippen molar-refractivity contribution in [2.24, 2.45) is 0 Å². The van der Waals surface area contributed by atoms with Crippen LogP contribution < -0.4 is 20.1 Å². The number of halogens is 2. The summed E-state index contributed by atoms with van der Waals surface area (Å²) in [6.07, 6.45) is 3.44. The van der Waals surface area contributed by atoms with Gasteiger partial charge in [0.2, 0.25) is 0 Å². The molecule has 0 saturated carbocycles. The Morgan fingerprint density at radius 1 is 1.03 bits per heavy atom. The smallest absolute Gasteiger partial charge is 0.259 e. The molecule has 0 atom stereocenters. The number of nitrogens with zero attached hydrogens (tertiary/aromatic N) is 3. The van der Waals surface area contributed by atoms with Crippen LogP contribution >= 0.6 is 23.2 Å². The highest BCUT2D eigenvalue weighted by molar-refractivity contribution is 6.41. The number of nitrogens with one attached hydrogen (secondary N) is 2. The molecule has 1 aliphatic rings. The molecule has 2 aromatic heterocycles. The molecular weight excluding hydrogens is 525 g/mol. The van der Waals surface area contributed by atoms with E-state index in [1.165, 1.54) is 14.2 Å². The topological polar surface area (TPSA) is 88.6 Å². The maximum Gasteiger partial charge on any atom is 0.259 e.